The minimum Gasteiger partial charge on any atom is -0.462 e. The van der Waals surface area contributed by atoms with Crippen LogP contribution in [0.2, 0.25) is 0 Å². The van der Waals surface area contributed by atoms with Crippen LogP contribution in [0.4, 0.5) is 0 Å². The predicted molar refractivity (Wildman–Crippen MR) is 349 cm³/mol. The summed E-state index contributed by atoms with van der Waals surface area (Å²) in [5.41, 5.74) is 0. The Bertz CT molecular complexity index is 1730. The van der Waals surface area contributed by atoms with Crippen molar-refractivity contribution in [1.82, 2.24) is 0 Å². The number of rotatable bonds is 65. The summed E-state index contributed by atoms with van der Waals surface area (Å²) in [5.74, 6) is 0.816. The number of aliphatic hydroxyl groups excluding tert-OH is 1. The Labute approximate surface area is 530 Å². The fourth-order valence-electron chi connectivity index (χ4n) is 10.1. The molecule has 516 valence electrons. The molecule has 3 N–H and O–H groups in total. The molecule has 0 bridgehead atoms. The maximum atomic E-state index is 13.0. The topological polar surface area (TPSA) is 237 Å². The summed E-state index contributed by atoms with van der Waals surface area (Å²) in [7, 11) is -9.90. The molecule has 0 radical (unpaired) electrons. The van der Waals surface area contributed by atoms with Crippen LogP contribution in [-0.4, -0.2) is 96.7 Å². The fourth-order valence-corrected chi connectivity index (χ4v) is 11.7. The van der Waals surface area contributed by atoms with Crippen molar-refractivity contribution in [1.29, 1.82) is 0 Å². The second kappa shape index (κ2) is 57.9. The summed E-state index contributed by atoms with van der Waals surface area (Å²) in [5, 5.41) is 10.6. The van der Waals surface area contributed by atoms with Gasteiger partial charge in [0.25, 0.3) is 0 Å². The summed E-state index contributed by atoms with van der Waals surface area (Å²) >= 11 is 0. The molecule has 0 saturated carbocycles. The highest BCUT2D eigenvalue weighted by atomic mass is 31.2. The molecule has 0 heterocycles. The van der Waals surface area contributed by atoms with E-state index in [9.17, 15) is 43.2 Å². The van der Waals surface area contributed by atoms with Gasteiger partial charge in [-0.1, -0.05) is 280 Å². The third kappa shape index (κ3) is 60.1. The minimum absolute atomic E-state index is 0.102. The van der Waals surface area contributed by atoms with Gasteiger partial charge in [-0.05, 0) is 49.4 Å². The average molecular weight is 1280 g/mol. The molecule has 19 heteroatoms. The normalized spacial score (nSPS) is 15.0. The highest BCUT2D eigenvalue weighted by Crippen LogP contribution is 2.45. The van der Waals surface area contributed by atoms with E-state index in [-0.39, 0.29) is 25.7 Å². The van der Waals surface area contributed by atoms with Crippen molar-refractivity contribution in [2.45, 2.75) is 350 Å². The maximum Gasteiger partial charge on any atom is 0.472 e. The molecule has 0 aliphatic heterocycles. The first kappa shape index (κ1) is 85.1. The van der Waals surface area contributed by atoms with Gasteiger partial charge in [-0.25, -0.2) is 9.13 Å². The number of hydrogen-bond acceptors (Lipinski definition) is 15. The van der Waals surface area contributed by atoms with Crippen molar-refractivity contribution in [3.05, 3.63) is 0 Å². The molecule has 0 aliphatic carbocycles. The molecule has 0 aromatic carbocycles. The number of carbonyl (C=O) groups is 4. The second-order valence-electron chi connectivity index (χ2n) is 26.0. The third-order valence-electron chi connectivity index (χ3n) is 16.3. The van der Waals surface area contributed by atoms with Crippen LogP contribution >= 0.6 is 15.6 Å². The Kier molecular flexibility index (Phi) is 56.6. The molecule has 17 nitrogen and oxygen atoms in total. The Morgan fingerprint density at radius 2 is 0.552 bits per heavy atom. The van der Waals surface area contributed by atoms with Crippen LogP contribution in [0.25, 0.3) is 0 Å². The van der Waals surface area contributed by atoms with Crippen molar-refractivity contribution in [2.24, 2.45) is 23.7 Å². The first-order chi connectivity index (χ1) is 41.7. The van der Waals surface area contributed by atoms with Gasteiger partial charge in [-0.2, -0.15) is 0 Å². The van der Waals surface area contributed by atoms with E-state index in [1.165, 1.54) is 122 Å². The van der Waals surface area contributed by atoms with E-state index >= 15 is 0 Å². The lowest BCUT2D eigenvalue weighted by molar-refractivity contribution is -0.161. The number of ether oxygens (including phenoxy) is 4. The summed E-state index contributed by atoms with van der Waals surface area (Å²) in [6.45, 7) is 14.0. The molecule has 0 fully saturated rings. The Hall–Kier alpha value is -1.94. The molecule has 0 spiro atoms. The van der Waals surface area contributed by atoms with E-state index in [2.05, 4.69) is 55.4 Å². The van der Waals surface area contributed by atoms with Gasteiger partial charge in [-0.3, -0.25) is 37.3 Å². The molecule has 0 aliphatic rings. The van der Waals surface area contributed by atoms with Gasteiger partial charge in [0, 0.05) is 25.7 Å². The molecular formula is C68H132O17P2. The van der Waals surface area contributed by atoms with Crippen LogP contribution in [0.1, 0.15) is 331 Å². The van der Waals surface area contributed by atoms with Crippen LogP contribution < -0.4 is 0 Å². The van der Waals surface area contributed by atoms with Crippen LogP contribution in [0.15, 0.2) is 0 Å². The Morgan fingerprint density at radius 3 is 0.816 bits per heavy atom. The lowest BCUT2D eigenvalue weighted by Gasteiger charge is -2.21. The van der Waals surface area contributed by atoms with Gasteiger partial charge >= 0.3 is 39.5 Å². The monoisotopic (exact) mass is 1280 g/mol. The van der Waals surface area contributed by atoms with E-state index < -0.39 is 97.5 Å². The lowest BCUT2D eigenvalue weighted by atomic mass is 10.00. The summed E-state index contributed by atoms with van der Waals surface area (Å²) in [4.78, 5) is 72.4. The number of aliphatic hydroxyl groups is 1. The quantitative estimate of drug-likeness (QED) is 0.0222. The predicted octanol–water partition coefficient (Wildman–Crippen LogP) is 18.9. The number of carbonyl (C=O) groups excluding carboxylic acids is 4. The van der Waals surface area contributed by atoms with Crippen LogP contribution in [0.5, 0.6) is 0 Å². The van der Waals surface area contributed by atoms with E-state index in [0.29, 0.717) is 31.6 Å². The summed E-state index contributed by atoms with van der Waals surface area (Å²) in [6.07, 6.45) is 39.1. The van der Waals surface area contributed by atoms with Crippen molar-refractivity contribution in [3.63, 3.8) is 0 Å². The van der Waals surface area contributed by atoms with Gasteiger partial charge in [0.15, 0.2) is 12.2 Å². The number of esters is 4. The van der Waals surface area contributed by atoms with Crippen molar-refractivity contribution >= 4 is 39.5 Å². The zero-order chi connectivity index (χ0) is 64.7. The van der Waals surface area contributed by atoms with E-state index in [1.54, 1.807) is 0 Å². The molecule has 0 saturated heterocycles. The van der Waals surface area contributed by atoms with Crippen LogP contribution in [0, 0.1) is 23.7 Å². The molecule has 0 aromatic rings. The molecule has 0 aromatic heterocycles. The second-order valence-corrected chi connectivity index (χ2v) is 28.9. The Morgan fingerprint density at radius 1 is 0.322 bits per heavy atom. The largest absolute Gasteiger partial charge is 0.472 e. The lowest BCUT2D eigenvalue weighted by Crippen LogP contribution is -2.30. The maximum absolute atomic E-state index is 13.0. The number of hydrogen-bond donors (Lipinski definition) is 3. The van der Waals surface area contributed by atoms with Gasteiger partial charge in [0.2, 0.25) is 0 Å². The average Bonchev–Trinajstić information content (AvgIpc) is 3.70. The van der Waals surface area contributed by atoms with Gasteiger partial charge in [0.05, 0.1) is 26.4 Å². The minimum atomic E-state index is -4.95. The van der Waals surface area contributed by atoms with E-state index in [4.69, 9.17) is 37.0 Å². The third-order valence-corrected chi connectivity index (χ3v) is 18.2. The van der Waals surface area contributed by atoms with Gasteiger partial charge in [-0.15, -0.1) is 0 Å². The van der Waals surface area contributed by atoms with E-state index in [0.717, 1.165) is 120 Å². The van der Waals surface area contributed by atoms with Crippen molar-refractivity contribution < 1.29 is 80.2 Å². The first-order valence-electron chi connectivity index (χ1n) is 35.3. The van der Waals surface area contributed by atoms with Gasteiger partial charge in [0.1, 0.15) is 19.3 Å². The number of phosphoric ester groups is 2. The molecule has 87 heavy (non-hydrogen) atoms. The van der Waals surface area contributed by atoms with Gasteiger partial charge < -0.3 is 33.8 Å². The van der Waals surface area contributed by atoms with Crippen molar-refractivity contribution in [2.75, 3.05) is 39.6 Å². The first-order valence-corrected chi connectivity index (χ1v) is 38.3. The summed E-state index contributed by atoms with van der Waals surface area (Å²) in [6, 6.07) is 0. The molecule has 7 atom stereocenters. The summed E-state index contributed by atoms with van der Waals surface area (Å²) < 4.78 is 68.1. The highest BCUT2D eigenvalue weighted by Gasteiger charge is 2.30. The Balaban J connectivity index is 5.23. The van der Waals surface area contributed by atoms with E-state index in [1.807, 2.05) is 0 Å². The SMILES string of the molecule is CCC(C)CCCCCCCCC(=O)OC[C@H](COP(=O)(O)OC[C@H](O)COP(=O)(O)OC[C@@H](COC(=O)CCCCCCCCC(C)CC)OC(=O)CCCCCCCCCC(C)C)OC(=O)CCCCCCCCCCCCCCCCC(C)C. The molecule has 4 unspecified atom stereocenters. The van der Waals surface area contributed by atoms with Crippen LogP contribution in [-0.2, 0) is 65.4 Å². The smallest absolute Gasteiger partial charge is 0.462 e. The van der Waals surface area contributed by atoms with Crippen molar-refractivity contribution in [3.8, 4) is 0 Å². The molecule has 0 amide bonds. The molecule has 0 rings (SSSR count). The zero-order valence-electron chi connectivity index (χ0n) is 56.6. The zero-order valence-corrected chi connectivity index (χ0v) is 58.4. The number of phosphoric acid groups is 2. The molecular weight excluding hydrogens is 1150 g/mol. The number of unbranched alkanes of at least 4 members (excludes halogenated alkanes) is 29. The fraction of sp³-hybridized carbons (Fsp3) is 0.941. The van der Waals surface area contributed by atoms with Crippen LogP contribution in [0.3, 0.4) is 0 Å². The standard InChI is InChI=1S/C68H132O17P2/c1-9-60(7)46-38-30-24-26-32-40-48-65(70)78-54-63(84-67(72)50-42-34-22-18-16-14-12-11-13-15-17-20-28-36-44-58(3)4)56-82-86(74,75)80-52-62(69)53-81-87(76,77)83-57-64(85-68(73)51-43-35-23-19-21-29-37-45-59(5)6)55-79-66(71)49-41-33-27-25-31-39-47-61(8)10-2/h58-64,69H,9-57H2,1-8H3,(H,74,75)(H,76,77)/t60?,61?,62-,63+,64+/m0/s1. The highest BCUT2D eigenvalue weighted by molar-refractivity contribution is 7.47.